The number of carboxylic acid groups (broad SMARTS) is 2. The van der Waals surface area contributed by atoms with Crippen molar-refractivity contribution < 1.29 is 35.1 Å². The van der Waals surface area contributed by atoms with Crippen molar-refractivity contribution in [3.8, 4) is 5.75 Å². The van der Waals surface area contributed by atoms with Crippen molar-refractivity contribution in [2.45, 2.75) is 95.3 Å². The third kappa shape index (κ3) is 5.81. The van der Waals surface area contributed by atoms with E-state index in [0.29, 0.717) is 11.2 Å². The Morgan fingerprint density at radius 2 is 1.71 bits per heavy atom. The number of aliphatic hydroxyl groups excluding tert-OH is 2. The molecule has 2 bridgehead atoms. The molecule has 2 aliphatic carbocycles. The van der Waals surface area contributed by atoms with Crippen molar-refractivity contribution >= 4 is 11.9 Å². The summed E-state index contributed by atoms with van der Waals surface area (Å²) in [6, 6.07) is 6.97. The molecule has 1 heterocycles. The number of likely N-dealkylation sites (tertiary alicyclic amines) is 1. The van der Waals surface area contributed by atoms with Crippen molar-refractivity contribution in [3.05, 3.63) is 29.3 Å². The Hall–Kier alpha value is -2.16. The van der Waals surface area contributed by atoms with Crippen LogP contribution < -0.4 is 0 Å². The molecule has 4 rings (SSSR count). The Morgan fingerprint density at radius 3 is 2.31 bits per heavy atom. The second-order valence-electron chi connectivity index (χ2n) is 10.4. The Morgan fingerprint density at radius 1 is 1.06 bits per heavy atom. The van der Waals surface area contributed by atoms with Gasteiger partial charge in [-0.25, -0.2) is 9.59 Å². The predicted octanol–water partition coefficient (Wildman–Crippen LogP) is 3.15. The summed E-state index contributed by atoms with van der Waals surface area (Å²) in [5.41, 5.74) is 3.39. The first-order chi connectivity index (χ1) is 16.6. The van der Waals surface area contributed by atoms with Crippen LogP contribution in [0.3, 0.4) is 0 Å². The highest BCUT2D eigenvalue weighted by atomic mass is 16.4. The average molecular weight is 492 g/mol. The lowest BCUT2D eigenvalue weighted by Gasteiger charge is -2.59. The van der Waals surface area contributed by atoms with Crippen LogP contribution in [0.5, 0.6) is 5.75 Å². The van der Waals surface area contributed by atoms with E-state index in [1.165, 1.54) is 82.0 Å². The molecular formula is C27H41NO7. The molecule has 1 saturated carbocycles. The number of hydrogen-bond acceptors (Lipinski definition) is 6. The zero-order valence-corrected chi connectivity index (χ0v) is 20.9. The first-order valence-corrected chi connectivity index (χ1v) is 13.0. The lowest BCUT2D eigenvalue weighted by molar-refractivity contribution is -0.165. The second kappa shape index (κ2) is 11.7. The maximum absolute atomic E-state index is 10.1. The van der Waals surface area contributed by atoms with Gasteiger partial charge in [-0.05, 0) is 80.3 Å². The van der Waals surface area contributed by atoms with Crippen molar-refractivity contribution in [1.82, 2.24) is 4.90 Å². The number of piperidine rings is 1. The van der Waals surface area contributed by atoms with Gasteiger partial charge >= 0.3 is 11.9 Å². The smallest absolute Gasteiger partial charge is 0.335 e. The van der Waals surface area contributed by atoms with Gasteiger partial charge in [-0.15, -0.1) is 0 Å². The topological polar surface area (TPSA) is 139 Å². The van der Waals surface area contributed by atoms with Gasteiger partial charge in [0.1, 0.15) is 5.75 Å². The number of carbonyl (C=O) groups is 2. The van der Waals surface area contributed by atoms with Crippen molar-refractivity contribution in [2.75, 3.05) is 13.1 Å². The summed E-state index contributed by atoms with van der Waals surface area (Å²) in [6.07, 6.45) is 7.48. The number of fused-ring (bicyclic) bond motifs is 1. The summed E-state index contributed by atoms with van der Waals surface area (Å²) in [7, 11) is 0. The summed E-state index contributed by atoms with van der Waals surface area (Å²) in [4.78, 5) is 22.4. The Labute approximate surface area is 207 Å². The third-order valence-corrected chi connectivity index (χ3v) is 8.72. The molecule has 196 valence electrons. The molecule has 1 aliphatic heterocycles. The zero-order valence-electron chi connectivity index (χ0n) is 20.9. The minimum Gasteiger partial charge on any atom is -0.508 e. The molecule has 35 heavy (non-hydrogen) atoms. The molecule has 2 unspecified atom stereocenters. The normalized spacial score (nSPS) is 27.1. The van der Waals surface area contributed by atoms with E-state index in [-0.39, 0.29) is 0 Å². The molecule has 0 aromatic heterocycles. The number of aliphatic hydroxyl groups is 2. The van der Waals surface area contributed by atoms with E-state index in [1.54, 1.807) is 0 Å². The minimum absolute atomic E-state index is 0.362. The summed E-state index contributed by atoms with van der Waals surface area (Å²) < 4.78 is 0. The van der Waals surface area contributed by atoms with E-state index in [4.69, 9.17) is 20.4 Å². The van der Waals surface area contributed by atoms with Crippen molar-refractivity contribution in [2.24, 2.45) is 11.8 Å². The number of carboxylic acids is 2. The fourth-order valence-electron chi connectivity index (χ4n) is 6.67. The number of aliphatic carboxylic acids is 2. The van der Waals surface area contributed by atoms with Gasteiger partial charge in [-0.3, -0.25) is 4.90 Å². The molecule has 1 saturated heterocycles. The van der Waals surface area contributed by atoms with E-state index in [2.05, 4.69) is 30.9 Å². The Kier molecular flexibility index (Phi) is 9.18. The lowest BCUT2D eigenvalue weighted by Crippen LogP contribution is -2.61. The van der Waals surface area contributed by atoms with Crippen LogP contribution in [0.4, 0.5) is 0 Å². The van der Waals surface area contributed by atoms with Gasteiger partial charge in [0.25, 0.3) is 0 Å². The van der Waals surface area contributed by atoms with E-state index < -0.39 is 24.1 Å². The molecule has 5 atom stereocenters. The van der Waals surface area contributed by atoms with Crippen LogP contribution in [0.1, 0.15) is 76.3 Å². The summed E-state index contributed by atoms with van der Waals surface area (Å²) in [5, 5.41) is 42.6. The fraction of sp³-hybridized carbons (Fsp3) is 0.704. The fourth-order valence-corrected chi connectivity index (χ4v) is 6.67. The van der Waals surface area contributed by atoms with E-state index in [9.17, 15) is 14.7 Å². The number of aromatic hydroxyl groups is 1. The number of nitrogens with zero attached hydrogens (tertiary/aromatic N) is 1. The van der Waals surface area contributed by atoms with Crippen molar-refractivity contribution in [1.29, 1.82) is 0 Å². The molecular weight excluding hydrogens is 450 g/mol. The first kappa shape index (κ1) is 27.4. The minimum atomic E-state index is -2.27. The van der Waals surface area contributed by atoms with Crippen molar-refractivity contribution in [3.63, 3.8) is 0 Å². The highest BCUT2D eigenvalue weighted by Gasteiger charge is 2.53. The van der Waals surface area contributed by atoms with Crippen LogP contribution in [-0.4, -0.2) is 73.7 Å². The highest BCUT2D eigenvalue weighted by Crippen LogP contribution is 2.56. The molecule has 8 nitrogen and oxygen atoms in total. The maximum Gasteiger partial charge on any atom is 0.335 e. The first-order valence-electron chi connectivity index (χ1n) is 13.0. The van der Waals surface area contributed by atoms with Gasteiger partial charge in [0.05, 0.1) is 0 Å². The molecule has 1 aromatic rings. The zero-order chi connectivity index (χ0) is 25.8. The largest absolute Gasteiger partial charge is 0.508 e. The lowest BCUT2D eigenvalue weighted by atomic mass is 9.52. The van der Waals surface area contributed by atoms with Gasteiger partial charge in [-0.1, -0.05) is 45.6 Å². The van der Waals surface area contributed by atoms with Crippen LogP contribution >= 0.6 is 0 Å². The molecule has 1 aromatic carbocycles. The maximum atomic E-state index is 10.1. The van der Waals surface area contributed by atoms with Gasteiger partial charge < -0.3 is 25.5 Å². The Bertz CT molecular complexity index is 868. The summed E-state index contributed by atoms with van der Waals surface area (Å²) in [6.45, 7) is 7.24. The number of phenols is 1. The quantitative estimate of drug-likeness (QED) is 0.374. The molecule has 0 radical (unpaired) electrons. The predicted molar refractivity (Wildman–Crippen MR) is 131 cm³/mol. The van der Waals surface area contributed by atoms with E-state index in [1.807, 2.05) is 6.07 Å². The molecule has 0 amide bonds. The number of hydrogen-bond donors (Lipinski definition) is 5. The monoisotopic (exact) mass is 491 g/mol. The standard InChI is InChI=1S/C23H35NO.C4H6O6/c1-3-17(4-2)10-13-24-14-12-23-11-6-5-7-20(23)22(24)15-18-8-9-19(25)16-21(18)23;5-1(3(7)8)2(6)4(9)10/h8-9,16-17,20,22,25H,3-7,10-15H2,1-2H3;1-2,5-6H,(H,7,8)(H,9,10)/t20-,22+,23+;/m0./s1. The van der Waals surface area contributed by atoms with Gasteiger partial charge in [0, 0.05) is 11.5 Å². The molecule has 3 aliphatic rings. The van der Waals surface area contributed by atoms with E-state index in [0.717, 1.165) is 17.9 Å². The third-order valence-electron chi connectivity index (χ3n) is 8.72. The average Bonchev–Trinajstić information content (AvgIpc) is 2.85. The number of phenolic OH excluding ortho intramolecular Hbond substituents is 1. The molecule has 8 heteroatoms. The van der Waals surface area contributed by atoms with E-state index >= 15 is 0 Å². The summed E-state index contributed by atoms with van der Waals surface area (Å²) in [5.74, 6) is -1.37. The van der Waals surface area contributed by atoms with Gasteiger partial charge in [0.15, 0.2) is 12.2 Å². The molecule has 0 spiro atoms. The molecule has 5 N–H and O–H groups in total. The van der Waals surface area contributed by atoms with Gasteiger partial charge in [0.2, 0.25) is 0 Å². The summed E-state index contributed by atoms with van der Waals surface area (Å²) >= 11 is 0. The number of benzene rings is 1. The van der Waals surface area contributed by atoms with Gasteiger partial charge in [-0.2, -0.15) is 0 Å². The highest BCUT2D eigenvalue weighted by molar-refractivity contribution is 5.83. The van der Waals surface area contributed by atoms with Crippen LogP contribution in [0, 0.1) is 11.8 Å². The van der Waals surface area contributed by atoms with Crippen LogP contribution in [0.15, 0.2) is 18.2 Å². The van der Waals surface area contributed by atoms with Crippen LogP contribution in [0.25, 0.3) is 0 Å². The molecule has 2 fully saturated rings. The SMILES string of the molecule is CCC(CC)CCN1CC[C@]23CCCC[C@H]2[C@H]1Cc1ccc(O)cc13.O=C(O)C(O)C(O)C(=O)O. The van der Waals surface area contributed by atoms with Crippen LogP contribution in [-0.2, 0) is 21.4 Å². The number of rotatable bonds is 8. The second-order valence-corrected chi connectivity index (χ2v) is 10.4. The van der Waals surface area contributed by atoms with Crippen LogP contribution in [0.2, 0.25) is 0 Å². The Balaban J connectivity index is 0.000000292.